The zero-order chi connectivity index (χ0) is 16.2. The van der Waals surface area contributed by atoms with E-state index in [2.05, 4.69) is 12.1 Å². The number of aryl methyl sites for hydroxylation is 2. The third-order valence-electron chi connectivity index (χ3n) is 3.30. The molecule has 0 bridgehead atoms. The summed E-state index contributed by atoms with van der Waals surface area (Å²) in [7, 11) is 0. The maximum Gasteiger partial charge on any atom is 0.130 e. The third kappa shape index (κ3) is 9.09. The first kappa shape index (κ1) is 18.1. The largest absolute Gasteiger partial charge is 0.393 e. The molecule has 1 unspecified atom stereocenters. The van der Waals surface area contributed by atoms with Crippen LogP contribution in [0.1, 0.15) is 37.8 Å². The van der Waals surface area contributed by atoms with Crippen LogP contribution >= 0.6 is 0 Å². The average Bonchev–Trinajstić information content (AvgIpc) is 2.53. The van der Waals surface area contributed by atoms with Crippen LogP contribution in [0.5, 0.6) is 0 Å². The van der Waals surface area contributed by atoms with Crippen LogP contribution in [0.3, 0.4) is 0 Å². The van der Waals surface area contributed by atoms with Gasteiger partial charge in [0.15, 0.2) is 0 Å². The Kier molecular flexibility index (Phi) is 8.85. The first-order valence-corrected chi connectivity index (χ1v) is 7.83. The molecule has 2 heteroatoms. The number of ketones is 1. The lowest BCUT2D eigenvalue weighted by atomic mass is 10.1. The molecule has 0 spiro atoms. The number of aliphatic hydroxyl groups excluding tert-OH is 1. The summed E-state index contributed by atoms with van der Waals surface area (Å²) in [6.45, 7) is 3.45. The minimum Gasteiger partial charge on any atom is -0.393 e. The number of hydrogen-bond donors (Lipinski definition) is 1. The molecule has 0 amide bonds. The van der Waals surface area contributed by atoms with Crippen LogP contribution in [0.2, 0.25) is 0 Å². The van der Waals surface area contributed by atoms with Gasteiger partial charge in [-0.1, -0.05) is 60.7 Å². The SMILES string of the molecule is CC(=O)CCc1ccccc1.CC(O)CCc1ccccc1. The van der Waals surface area contributed by atoms with E-state index in [0.29, 0.717) is 6.42 Å². The maximum absolute atomic E-state index is 10.6. The Labute approximate surface area is 133 Å². The van der Waals surface area contributed by atoms with E-state index >= 15 is 0 Å². The smallest absolute Gasteiger partial charge is 0.130 e. The molecule has 0 aromatic heterocycles. The molecule has 0 radical (unpaired) electrons. The lowest BCUT2D eigenvalue weighted by molar-refractivity contribution is -0.116. The first-order valence-electron chi connectivity index (χ1n) is 7.83. The summed E-state index contributed by atoms with van der Waals surface area (Å²) in [6, 6.07) is 20.3. The van der Waals surface area contributed by atoms with E-state index < -0.39 is 0 Å². The zero-order valence-electron chi connectivity index (χ0n) is 13.5. The second kappa shape index (κ2) is 10.7. The van der Waals surface area contributed by atoms with Crippen molar-refractivity contribution < 1.29 is 9.90 Å². The Morgan fingerprint density at radius 1 is 0.909 bits per heavy atom. The Morgan fingerprint density at radius 2 is 1.36 bits per heavy atom. The highest BCUT2D eigenvalue weighted by Gasteiger charge is 1.96. The van der Waals surface area contributed by atoms with Crippen molar-refractivity contribution >= 4 is 5.78 Å². The van der Waals surface area contributed by atoms with E-state index in [1.807, 2.05) is 55.5 Å². The van der Waals surface area contributed by atoms with Crippen LogP contribution in [-0.4, -0.2) is 17.0 Å². The molecule has 2 aromatic carbocycles. The molecule has 0 saturated carbocycles. The van der Waals surface area contributed by atoms with Crippen molar-refractivity contribution in [2.75, 3.05) is 0 Å². The molecule has 2 nitrogen and oxygen atoms in total. The highest BCUT2D eigenvalue weighted by atomic mass is 16.3. The molecule has 118 valence electrons. The van der Waals surface area contributed by atoms with Crippen LogP contribution < -0.4 is 0 Å². The van der Waals surface area contributed by atoms with Gasteiger partial charge in [-0.15, -0.1) is 0 Å². The minimum absolute atomic E-state index is 0.185. The standard InChI is InChI=1S/C10H14O.C10H12O/c2*1-9(11)7-8-10-5-3-2-4-6-10/h2-6,9,11H,7-8H2,1H3;2-6H,7-8H2,1H3. The van der Waals surface area contributed by atoms with E-state index in [1.165, 1.54) is 11.1 Å². The molecule has 22 heavy (non-hydrogen) atoms. The van der Waals surface area contributed by atoms with Crippen molar-refractivity contribution in [3.63, 3.8) is 0 Å². The second-order valence-electron chi connectivity index (χ2n) is 5.56. The van der Waals surface area contributed by atoms with Crippen LogP contribution in [0.15, 0.2) is 60.7 Å². The Hall–Kier alpha value is -1.93. The van der Waals surface area contributed by atoms with Crippen molar-refractivity contribution in [3.05, 3.63) is 71.8 Å². The van der Waals surface area contributed by atoms with Gasteiger partial charge in [0.25, 0.3) is 0 Å². The Morgan fingerprint density at radius 3 is 1.77 bits per heavy atom. The fourth-order valence-electron chi connectivity index (χ4n) is 1.99. The summed E-state index contributed by atoms with van der Waals surface area (Å²) in [5.41, 5.74) is 2.54. The van der Waals surface area contributed by atoms with Gasteiger partial charge in [-0.3, -0.25) is 0 Å². The molecular formula is C20H26O2. The molecule has 1 N–H and O–H groups in total. The van der Waals surface area contributed by atoms with Gasteiger partial charge in [0.05, 0.1) is 6.10 Å². The molecule has 0 saturated heterocycles. The zero-order valence-corrected chi connectivity index (χ0v) is 13.5. The van der Waals surface area contributed by atoms with E-state index in [4.69, 9.17) is 5.11 Å². The van der Waals surface area contributed by atoms with Gasteiger partial charge in [0.2, 0.25) is 0 Å². The first-order chi connectivity index (χ1) is 10.6. The number of aliphatic hydroxyl groups is 1. The Bertz CT molecular complexity index is 518. The van der Waals surface area contributed by atoms with E-state index in [1.54, 1.807) is 6.92 Å². The Balaban J connectivity index is 0.000000220. The number of Topliss-reactive ketones (excluding diaryl/α,β-unsaturated/α-hetero) is 1. The van der Waals surface area contributed by atoms with Gasteiger partial charge in [0.1, 0.15) is 5.78 Å². The van der Waals surface area contributed by atoms with E-state index in [9.17, 15) is 4.79 Å². The van der Waals surface area contributed by atoms with Gasteiger partial charge >= 0.3 is 0 Å². The predicted molar refractivity (Wildman–Crippen MR) is 91.9 cm³/mol. The lowest BCUT2D eigenvalue weighted by Crippen LogP contribution is -2.00. The predicted octanol–water partition coefficient (Wildman–Crippen LogP) is 4.21. The van der Waals surface area contributed by atoms with Gasteiger partial charge < -0.3 is 9.90 Å². The van der Waals surface area contributed by atoms with E-state index in [0.717, 1.165) is 19.3 Å². The fourth-order valence-corrected chi connectivity index (χ4v) is 1.99. The topological polar surface area (TPSA) is 37.3 Å². The minimum atomic E-state index is -0.185. The maximum atomic E-state index is 10.6. The van der Waals surface area contributed by atoms with Crippen LogP contribution in [-0.2, 0) is 17.6 Å². The summed E-state index contributed by atoms with van der Waals surface area (Å²) in [5.74, 6) is 0.258. The fraction of sp³-hybridized carbons (Fsp3) is 0.350. The number of rotatable bonds is 6. The summed E-state index contributed by atoms with van der Waals surface area (Å²) < 4.78 is 0. The molecule has 0 aliphatic rings. The van der Waals surface area contributed by atoms with Gasteiger partial charge in [-0.05, 0) is 44.2 Å². The molecule has 2 rings (SSSR count). The lowest BCUT2D eigenvalue weighted by Gasteiger charge is -2.02. The monoisotopic (exact) mass is 298 g/mol. The molecular weight excluding hydrogens is 272 g/mol. The average molecular weight is 298 g/mol. The molecule has 0 fully saturated rings. The highest BCUT2D eigenvalue weighted by molar-refractivity contribution is 5.75. The van der Waals surface area contributed by atoms with Crippen LogP contribution in [0, 0.1) is 0 Å². The molecule has 0 heterocycles. The summed E-state index contributed by atoms with van der Waals surface area (Å²) in [6.07, 6.45) is 3.16. The quantitative estimate of drug-likeness (QED) is 0.867. The van der Waals surface area contributed by atoms with Crippen molar-refractivity contribution in [1.82, 2.24) is 0 Å². The normalized spacial score (nSPS) is 11.2. The molecule has 2 aromatic rings. The van der Waals surface area contributed by atoms with Crippen molar-refractivity contribution in [1.29, 1.82) is 0 Å². The van der Waals surface area contributed by atoms with Crippen LogP contribution in [0.4, 0.5) is 0 Å². The summed E-state index contributed by atoms with van der Waals surface area (Å²) in [5, 5.41) is 9.01. The highest BCUT2D eigenvalue weighted by Crippen LogP contribution is 2.04. The summed E-state index contributed by atoms with van der Waals surface area (Å²) in [4.78, 5) is 10.6. The molecule has 1 atom stereocenters. The molecule has 0 aliphatic carbocycles. The van der Waals surface area contributed by atoms with Crippen molar-refractivity contribution in [2.24, 2.45) is 0 Å². The molecule has 0 aliphatic heterocycles. The van der Waals surface area contributed by atoms with Crippen molar-refractivity contribution in [2.45, 2.75) is 45.6 Å². The van der Waals surface area contributed by atoms with Crippen LogP contribution in [0.25, 0.3) is 0 Å². The number of benzene rings is 2. The second-order valence-corrected chi connectivity index (χ2v) is 5.56. The van der Waals surface area contributed by atoms with Crippen molar-refractivity contribution in [3.8, 4) is 0 Å². The van der Waals surface area contributed by atoms with Gasteiger partial charge in [-0.25, -0.2) is 0 Å². The third-order valence-corrected chi connectivity index (χ3v) is 3.30. The van der Waals surface area contributed by atoms with Gasteiger partial charge in [0, 0.05) is 6.42 Å². The van der Waals surface area contributed by atoms with Gasteiger partial charge in [-0.2, -0.15) is 0 Å². The summed E-state index contributed by atoms with van der Waals surface area (Å²) >= 11 is 0. The number of carbonyl (C=O) groups excluding carboxylic acids is 1. The van der Waals surface area contributed by atoms with E-state index in [-0.39, 0.29) is 11.9 Å². The number of hydrogen-bond acceptors (Lipinski definition) is 2. The number of carbonyl (C=O) groups is 1.